The second-order valence-corrected chi connectivity index (χ2v) is 7.46. The van der Waals surface area contributed by atoms with Gasteiger partial charge in [-0.25, -0.2) is 4.63 Å². The number of carbonyl (C=O) groups excluding carboxylic acids is 1. The van der Waals surface area contributed by atoms with Crippen molar-refractivity contribution in [2.24, 2.45) is 5.92 Å². The molecule has 3 heterocycles. The normalized spacial score (nSPS) is 22.6. The molecule has 1 amide bonds. The van der Waals surface area contributed by atoms with Gasteiger partial charge in [0.05, 0.1) is 5.92 Å². The summed E-state index contributed by atoms with van der Waals surface area (Å²) in [5, 5.41) is 7.70. The van der Waals surface area contributed by atoms with Crippen LogP contribution in [0.1, 0.15) is 31.2 Å². The Labute approximate surface area is 153 Å². The average molecular weight is 358 g/mol. The molecule has 1 aromatic carbocycles. The highest BCUT2D eigenvalue weighted by atomic mass is 16.6. The standard InChI is InChI=1S/C19H26N4O3/c1-22(12-14-4-5-17-18(11-14)21-26-20-17)19(24)15-3-2-8-23(13-15)16-6-9-25-10-7-16/h4-5,11,15-16H,2-3,6-10,12-13H2,1H3/t15-/m0/s1. The van der Waals surface area contributed by atoms with E-state index in [1.54, 1.807) is 0 Å². The minimum atomic E-state index is 0.0917. The number of hydrogen-bond donors (Lipinski definition) is 0. The van der Waals surface area contributed by atoms with Crippen molar-refractivity contribution in [1.82, 2.24) is 20.1 Å². The third-order valence-corrected chi connectivity index (χ3v) is 5.62. The van der Waals surface area contributed by atoms with Gasteiger partial charge in [-0.3, -0.25) is 9.69 Å². The van der Waals surface area contributed by atoms with Gasteiger partial charge >= 0.3 is 0 Å². The summed E-state index contributed by atoms with van der Waals surface area (Å²) < 4.78 is 10.2. The minimum Gasteiger partial charge on any atom is -0.381 e. The van der Waals surface area contributed by atoms with E-state index in [0.717, 1.165) is 68.6 Å². The summed E-state index contributed by atoms with van der Waals surface area (Å²) in [4.78, 5) is 17.3. The molecule has 4 rings (SSSR count). The van der Waals surface area contributed by atoms with Crippen molar-refractivity contribution in [3.8, 4) is 0 Å². The highest BCUT2D eigenvalue weighted by molar-refractivity contribution is 5.79. The maximum absolute atomic E-state index is 13.0. The fraction of sp³-hybridized carbons (Fsp3) is 0.632. The van der Waals surface area contributed by atoms with Crippen molar-refractivity contribution in [2.75, 3.05) is 33.4 Å². The van der Waals surface area contributed by atoms with E-state index in [0.29, 0.717) is 12.6 Å². The topological polar surface area (TPSA) is 71.7 Å². The van der Waals surface area contributed by atoms with Crippen LogP contribution in [-0.4, -0.2) is 65.4 Å². The van der Waals surface area contributed by atoms with Gasteiger partial charge in [-0.1, -0.05) is 6.07 Å². The molecule has 2 fully saturated rings. The zero-order valence-corrected chi connectivity index (χ0v) is 15.3. The van der Waals surface area contributed by atoms with Crippen molar-refractivity contribution >= 4 is 16.9 Å². The first-order chi connectivity index (χ1) is 12.7. The van der Waals surface area contributed by atoms with E-state index in [9.17, 15) is 4.79 Å². The molecule has 140 valence electrons. The van der Waals surface area contributed by atoms with Gasteiger partial charge in [0.1, 0.15) is 11.0 Å². The van der Waals surface area contributed by atoms with Crippen LogP contribution < -0.4 is 0 Å². The summed E-state index contributed by atoms with van der Waals surface area (Å²) in [6.07, 6.45) is 4.25. The number of fused-ring (bicyclic) bond motifs is 1. The molecule has 2 aliphatic rings. The minimum absolute atomic E-state index is 0.0917. The number of carbonyl (C=O) groups is 1. The molecule has 0 radical (unpaired) electrons. The summed E-state index contributed by atoms with van der Waals surface area (Å²) in [7, 11) is 1.89. The van der Waals surface area contributed by atoms with Crippen LogP contribution in [0.25, 0.3) is 11.0 Å². The lowest BCUT2D eigenvalue weighted by Crippen LogP contribution is -2.48. The SMILES string of the molecule is CN(Cc1ccc2nonc2c1)C(=O)[C@H]1CCCN(C2CCOCC2)C1. The highest BCUT2D eigenvalue weighted by Gasteiger charge is 2.31. The molecule has 7 heteroatoms. The summed E-state index contributed by atoms with van der Waals surface area (Å²) in [5.41, 5.74) is 2.51. The highest BCUT2D eigenvalue weighted by Crippen LogP contribution is 2.25. The van der Waals surface area contributed by atoms with Crippen molar-refractivity contribution in [2.45, 2.75) is 38.3 Å². The molecule has 1 atom stereocenters. The molecule has 7 nitrogen and oxygen atoms in total. The van der Waals surface area contributed by atoms with Crippen LogP contribution in [0.5, 0.6) is 0 Å². The van der Waals surface area contributed by atoms with Gasteiger partial charge in [-0.2, -0.15) is 0 Å². The second-order valence-electron chi connectivity index (χ2n) is 7.46. The molecule has 1 aromatic heterocycles. The number of hydrogen-bond acceptors (Lipinski definition) is 6. The number of rotatable bonds is 4. The predicted octanol–water partition coefficient (Wildman–Crippen LogP) is 2.07. The largest absolute Gasteiger partial charge is 0.381 e. The lowest BCUT2D eigenvalue weighted by Gasteiger charge is -2.40. The Morgan fingerprint density at radius 2 is 2.04 bits per heavy atom. The molecule has 0 N–H and O–H groups in total. The summed E-state index contributed by atoms with van der Waals surface area (Å²) in [6.45, 7) is 4.25. The molecule has 26 heavy (non-hydrogen) atoms. The van der Waals surface area contributed by atoms with Crippen molar-refractivity contribution in [3.05, 3.63) is 23.8 Å². The van der Waals surface area contributed by atoms with Gasteiger partial charge in [0, 0.05) is 39.4 Å². The Morgan fingerprint density at radius 1 is 1.23 bits per heavy atom. The first-order valence-corrected chi connectivity index (χ1v) is 9.48. The maximum atomic E-state index is 13.0. The lowest BCUT2D eigenvalue weighted by atomic mass is 9.93. The molecule has 0 saturated carbocycles. The Hall–Kier alpha value is -1.99. The van der Waals surface area contributed by atoms with E-state index >= 15 is 0 Å². The Kier molecular flexibility index (Phi) is 5.17. The van der Waals surface area contributed by atoms with E-state index in [2.05, 4.69) is 15.2 Å². The monoisotopic (exact) mass is 358 g/mol. The Bertz CT molecular complexity index is 756. The Morgan fingerprint density at radius 3 is 2.88 bits per heavy atom. The van der Waals surface area contributed by atoms with Gasteiger partial charge in [-0.05, 0) is 60.2 Å². The van der Waals surface area contributed by atoms with Gasteiger partial charge in [0.2, 0.25) is 5.91 Å². The molecular formula is C19H26N4O3. The van der Waals surface area contributed by atoms with Crippen LogP contribution in [0.4, 0.5) is 0 Å². The van der Waals surface area contributed by atoms with Crippen molar-refractivity contribution < 1.29 is 14.2 Å². The van der Waals surface area contributed by atoms with Crippen LogP contribution in [0.2, 0.25) is 0 Å². The third-order valence-electron chi connectivity index (χ3n) is 5.62. The first-order valence-electron chi connectivity index (χ1n) is 9.48. The van der Waals surface area contributed by atoms with Gasteiger partial charge in [0.25, 0.3) is 0 Å². The van der Waals surface area contributed by atoms with Crippen molar-refractivity contribution in [1.29, 1.82) is 0 Å². The molecule has 2 aromatic rings. The molecule has 2 aliphatic heterocycles. The number of piperidine rings is 1. The number of aromatic nitrogens is 2. The van der Waals surface area contributed by atoms with Gasteiger partial charge < -0.3 is 9.64 Å². The van der Waals surface area contributed by atoms with Gasteiger partial charge in [-0.15, -0.1) is 0 Å². The Balaban J connectivity index is 1.37. The fourth-order valence-electron chi connectivity index (χ4n) is 4.18. The van der Waals surface area contributed by atoms with Crippen LogP contribution in [0, 0.1) is 5.92 Å². The second kappa shape index (κ2) is 7.72. The maximum Gasteiger partial charge on any atom is 0.227 e. The van der Waals surface area contributed by atoms with Crippen LogP contribution in [0.15, 0.2) is 22.8 Å². The van der Waals surface area contributed by atoms with Crippen LogP contribution in [-0.2, 0) is 16.1 Å². The van der Waals surface area contributed by atoms with E-state index in [1.807, 2.05) is 30.1 Å². The number of amides is 1. The first kappa shape index (κ1) is 17.4. The van der Waals surface area contributed by atoms with Crippen LogP contribution in [0.3, 0.4) is 0 Å². The number of nitrogens with zero attached hydrogens (tertiary/aromatic N) is 4. The molecule has 0 bridgehead atoms. The third kappa shape index (κ3) is 3.73. The van der Waals surface area contributed by atoms with Crippen LogP contribution >= 0.6 is 0 Å². The van der Waals surface area contributed by atoms with E-state index < -0.39 is 0 Å². The quantitative estimate of drug-likeness (QED) is 0.833. The molecule has 2 saturated heterocycles. The molecule has 0 aliphatic carbocycles. The molecule has 0 unspecified atom stereocenters. The smallest absolute Gasteiger partial charge is 0.227 e. The van der Waals surface area contributed by atoms with E-state index in [1.165, 1.54) is 0 Å². The molecule has 0 spiro atoms. The number of ether oxygens (including phenoxy) is 1. The van der Waals surface area contributed by atoms with E-state index in [4.69, 9.17) is 9.37 Å². The fourth-order valence-corrected chi connectivity index (χ4v) is 4.18. The van der Waals surface area contributed by atoms with Gasteiger partial charge in [0.15, 0.2) is 0 Å². The predicted molar refractivity (Wildman–Crippen MR) is 96.4 cm³/mol. The van der Waals surface area contributed by atoms with Crippen molar-refractivity contribution in [3.63, 3.8) is 0 Å². The number of likely N-dealkylation sites (tertiary alicyclic amines) is 1. The molecular weight excluding hydrogens is 332 g/mol. The average Bonchev–Trinajstić information content (AvgIpc) is 3.16. The summed E-state index contributed by atoms with van der Waals surface area (Å²) in [5.74, 6) is 0.328. The zero-order valence-electron chi connectivity index (χ0n) is 15.3. The lowest BCUT2D eigenvalue weighted by molar-refractivity contribution is -0.137. The summed E-state index contributed by atoms with van der Waals surface area (Å²) in [6, 6.07) is 6.37. The number of benzene rings is 1. The summed E-state index contributed by atoms with van der Waals surface area (Å²) >= 11 is 0. The van der Waals surface area contributed by atoms with E-state index in [-0.39, 0.29) is 11.8 Å². The zero-order chi connectivity index (χ0) is 17.9.